The Morgan fingerprint density at radius 1 is 0.882 bits per heavy atom. The lowest BCUT2D eigenvalue weighted by Crippen LogP contribution is -2.10. The lowest BCUT2D eigenvalue weighted by Gasteiger charge is -2.02. The van der Waals surface area contributed by atoms with E-state index in [1.807, 2.05) is 12.1 Å². The largest absolute Gasteiger partial charge is 0.204 e. The van der Waals surface area contributed by atoms with Gasteiger partial charge >= 0.3 is 0 Å². The summed E-state index contributed by atoms with van der Waals surface area (Å²) in [5, 5.41) is 3.06. The number of thiophene rings is 1. The molecule has 2 unspecified atom stereocenters. The Labute approximate surface area is 105 Å². The molecule has 3 rings (SSSR count). The molecule has 86 valence electrons. The Hall–Kier alpha value is -0.620. The Balaban J connectivity index is 2.65. The summed E-state index contributed by atoms with van der Waals surface area (Å²) in [4.78, 5) is 0. The molecule has 17 heavy (non-hydrogen) atoms. The number of hydrogen-bond donors (Lipinski definition) is 0. The maximum atomic E-state index is 13.9. The van der Waals surface area contributed by atoms with E-state index < -0.39 is 11.6 Å². The van der Waals surface area contributed by atoms with Crippen LogP contribution in [0.5, 0.6) is 0 Å². The zero-order valence-corrected chi connectivity index (χ0v) is 11.8. The van der Waals surface area contributed by atoms with Gasteiger partial charge < -0.3 is 0 Å². The highest BCUT2D eigenvalue weighted by atomic mass is 32.1. The molecule has 0 nitrogen and oxygen atoms in total. The van der Waals surface area contributed by atoms with Gasteiger partial charge in [0.15, 0.2) is 11.6 Å². The summed E-state index contributed by atoms with van der Waals surface area (Å²) in [6, 6.07) is 6.70. The third-order valence-electron chi connectivity index (χ3n) is 2.77. The van der Waals surface area contributed by atoms with Crippen LogP contribution in [0, 0.1) is 11.6 Å². The van der Waals surface area contributed by atoms with Crippen LogP contribution in [-0.2, 0) is 0 Å². The van der Waals surface area contributed by atoms with E-state index in [0.717, 1.165) is 25.4 Å². The Morgan fingerprint density at radius 3 is 2.29 bits per heavy atom. The quantitative estimate of drug-likeness (QED) is 0.555. The zero-order chi connectivity index (χ0) is 12.2. The molecule has 1 heterocycles. The van der Waals surface area contributed by atoms with Gasteiger partial charge in [-0.25, -0.2) is 8.78 Å². The lowest BCUT2D eigenvalue weighted by atomic mass is 10.1. The van der Waals surface area contributed by atoms with Crippen LogP contribution in [0.1, 0.15) is 0 Å². The van der Waals surface area contributed by atoms with Gasteiger partial charge in [-0.1, -0.05) is 6.07 Å². The van der Waals surface area contributed by atoms with Crippen molar-refractivity contribution >= 4 is 60.6 Å². The molecule has 0 saturated carbocycles. The van der Waals surface area contributed by atoms with E-state index in [1.54, 1.807) is 6.07 Å². The first-order valence-electron chi connectivity index (χ1n) is 4.93. The first-order valence-corrected chi connectivity index (χ1v) is 6.91. The highest BCUT2D eigenvalue weighted by molar-refractivity contribution is 7.37. The van der Waals surface area contributed by atoms with Crippen LogP contribution < -0.4 is 10.6 Å². The summed E-state index contributed by atoms with van der Waals surface area (Å²) in [5.74, 6) is -1.55. The van der Waals surface area contributed by atoms with Crippen LogP contribution in [-0.4, -0.2) is 0 Å². The maximum Gasteiger partial charge on any atom is 0.168 e. The monoisotopic (exact) mass is 284 g/mol. The average Bonchev–Trinajstić information content (AvgIpc) is 2.69. The van der Waals surface area contributed by atoms with E-state index in [9.17, 15) is 8.78 Å². The molecule has 0 amide bonds. The molecule has 2 atom stereocenters. The van der Waals surface area contributed by atoms with Crippen LogP contribution in [0.15, 0.2) is 24.3 Å². The lowest BCUT2D eigenvalue weighted by molar-refractivity contribution is 0.517. The smallest absolute Gasteiger partial charge is 0.168 e. The third kappa shape index (κ3) is 1.61. The summed E-state index contributed by atoms with van der Waals surface area (Å²) in [5.41, 5.74) is 0. The molecule has 0 saturated heterocycles. The zero-order valence-electron chi connectivity index (χ0n) is 8.63. The van der Waals surface area contributed by atoms with Gasteiger partial charge in [-0.05, 0) is 28.8 Å². The van der Waals surface area contributed by atoms with Gasteiger partial charge in [0.1, 0.15) is 0 Å². The molecule has 0 fully saturated rings. The second kappa shape index (κ2) is 3.95. The van der Waals surface area contributed by atoms with E-state index in [1.165, 1.54) is 17.4 Å². The van der Waals surface area contributed by atoms with E-state index in [0.29, 0.717) is 5.39 Å². The van der Waals surface area contributed by atoms with Gasteiger partial charge in [-0.3, -0.25) is 0 Å². The van der Waals surface area contributed by atoms with Gasteiger partial charge in [0.25, 0.3) is 0 Å². The van der Waals surface area contributed by atoms with Crippen molar-refractivity contribution in [3.8, 4) is 0 Å². The topological polar surface area (TPSA) is 0 Å². The van der Waals surface area contributed by atoms with Crippen LogP contribution >= 0.6 is 29.8 Å². The molecule has 0 aliphatic heterocycles. The second-order valence-corrected chi connectivity index (χ2v) is 6.06. The molecule has 0 N–H and O–H groups in total. The number of rotatable bonds is 0. The van der Waals surface area contributed by atoms with Gasteiger partial charge in [-0.2, -0.15) is 0 Å². The van der Waals surface area contributed by atoms with Gasteiger partial charge in [0.05, 0.1) is 0 Å². The second-order valence-electron chi connectivity index (χ2n) is 3.78. The summed E-state index contributed by atoms with van der Waals surface area (Å²) in [6.45, 7) is 0. The Kier molecular flexibility index (Phi) is 2.66. The minimum absolute atomic E-state index is 0.388. The minimum Gasteiger partial charge on any atom is -0.204 e. The third-order valence-corrected chi connectivity index (χ3v) is 5.35. The normalized spacial score (nSPS) is 11.5. The SMILES string of the molecule is Fc1ccc2sc3ccc(P)c(P)c3c2c1F. The summed E-state index contributed by atoms with van der Waals surface area (Å²) in [6.07, 6.45) is 0. The molecule has 5 heteroatoms. The molecular formula is C12H8F2P2S. The number of hydrogen-bond acceptors (Lipinski definition) is 1. The number of halogens is 2. The molecule has 0 aliphatic rings. The minimum atomic E-state index is -0.796. The predicted molar refractivity (Wildman–Crippen MR) is 77.9 cm³/mol. The molecule has 3 aromatic rings. The van der Waals surface area contributed by atoms with Crippen LogP contribution in [0.25, 0.3) is 20.2 Å². The maximum absolute atomic E-state index is 13.9. The standard InChI is InChI=1S/C12H8F2P2S/c13-5-1-3-7-9(11(5)14)10-8(17-7)4-2-6(15)12(10)16/h1-4H,15-16H2. The van der Waals surface area contributed by atoms with Crippen LogP contribution in [0.2, 0.25) is 0 Å². The van der Waals surface area contributed by atoms with Gasteiger partial charge in [-0.15, -0.1) is 29.8 Å². The van der Waals surface area contributed by atoms with Crippen molar-refractivity contribution in [1.29, 1.82) is 0 Å². The van der Waals surface area contributed by atoms with E-state index in [-0.39, 0.29) is 0 Å². The summed E-state index contributed by atoms with van der Waals surface area (Å²) >= 11 is 1.48. The van der Waals surface area contributed by atoms with Crippen molar-refractivity contribution in [2.24, 2.45) is 0 Å². The van der Waals surface area contributed by atoms with Crippen molar-refractivity contribution in [3.63, 3.8) is 0 Å². The van der Waals surface area contributed by atoms with Crippen molar-refractivity contribution in [3.05, 3.63) is 35.9 Å². The average molecular weight is 284 g/mol. The van der Waals surface area contributed by atoms with E-state index >= 15 is 0 Å². The summed E-state index contributed by atoms with van der Waals surface area (Å²) < 4.78 is 28.9. The molecular weight excluding hydrogens is 276 g/mol. The molecule has 0 bridgehead atoms. The molecule has 2 aromatic carbocycles. The highest BCUT2D eigenvalue weighted by Crippen LogP contribution is 2.35. The molecule has 0 spiro atoms. The summed E-state index contributed by atoms with van der Waals surface area (Å²) in [7, 11) is 5.20. The van der Waals surface area contributed by atoms with Gasteiger partial charge in [0, 0.05) is 20.2 Å². The Bertz CT molecular complexity index is 687. The fraction of sp³-hybridized carbons (Fsp3) is 0. The fourth-order valence-electron chi connectivity index (χ4n) is 1.93. The van der Waals surface area contributed by atoms with Crippen LogP contribution in [0.3, 0.4) is 0 Å². The van der Waals surface area contributed by atoms with Crippen molar-refractivity contribution < 1.29 is 8.78 Å². The van der Waals surface area contributed by atoms with E-state index in [4.69, 9.17) is 0 Å². The molecule has 1 aromatic heterocycles. The van der Waals surface area contributed by atoms with Gasteiger partial charge in [0.2, 0.25) is 0 Å². The molecule has 0 radical (unpaired) electrons. The Morgan fingerprint density at radius 2 is 1.53 bits per heavy atom. The fourth-order valence-corrected chi connectivity index (χ4v) is 3.79. The van der Waals surface area contributed by atoms with Crippen molar-refractivity contribution in [1.82, 2.24) is 0 Å². The first kappa shape index (κ1) is 11.5. The van der Waals surface area contributed by atoms with Crippen molar-refractivity contribution in [2.75, 3.05) is 0 Å². The van der Waals surface area contributed by atoms with Crippen molar-refractivity contribution in [2.45, 2.75) is 0 Å². The molecule has 0 aliphatic carbocycles. The van der Waals surface area contributed by atoms with E-state index in [2.05, 4.69) is 18.5 Å². The number of fused-ring (bicyclic) bond motifs is 3. The first-order chi connectivity index (χ1) is 8.09. The van der Waals surface area contributed by atoms with Crippen LogP contribution in [0.4, 0.5) is 8.78 Å². The predicted octanol–water partition coefficient (Wildman–Crippen LogP) is 3.33. The number of benzene rings is 2. The highest BCUT2D eigenvalue weighted by Gasteiger charge is 2.15.